The molecule has 1 aliphatic rings. The zero-order valence-corrected chi connectivity index (χ0v) is 20.5. The molecule has 35 heavy (non-hydrogen) atoms. The molecule has 0 aliphatic heterocycles. The van der Waals surface area contributed by atoms with E-state index in [9.17, 15) is 4.79 Å². The highest BCUT2D eigenvalue weighted by Crippen LogP contribution is 2.36. The molecule has 0 N–H and O–H groups in total. The van der Waals surface area contributed by atoms with Crippen molar-refractivity contribution in [1.82, 2.24) is 4.98 Å². The summed E-state index contributed by atoms with van der Waals surface area (Å²) in [5, 5.41) is 2.91. The Morgan fingerprint density at radius 3 is 2.54 bits per heavy atom. The number of benzene rings is 2. The molecule has 0 atom stereocenters. The molecular formula is C29H27NO4S. The van der Waals surface area contributed by atoms with Crippen molar-refractivity contribution < 1.29 is 19.0 Å². The lowest BCUT2D eigenvalue weighted by Crippen LogP contribution is -2.17. The minimum Gasteiger partial charge on any atom is -0.494 e. The first-order chi connectivity index (χ1) is 17.2. The molecule has 0 unspecified atom stereocenters. The van der Waals surface area contributed by atoms with E-state index in [0.29, 0.717) is 17.9 Å². The van der Waals surface area contributed by atoms with Crippen molar-refractivity contribution in [2.45, 2.75) is 26.2 Å². The quantitative estimate of drug-likeness (QED) is 0.203. The maximum absolute atomic E-state index is 13.3. The van der Waals surface area contributed by atoms with Crippen LogP contribution in [0.2, 0.25) is 0 Å². The highest BCUT2D eigenvalue weighted by molar-refractivity contribution is 7.10. The van der Waals surface area contributed by atoms with Gasteiger partial charge in [-0.25, -0.2) is 9.78 Å². The van der Waals surface area contributed by atoms with Gasteiger partial charge in [0.1, 0.15) is 24.7 Å². The molecule has 0 bridgehead atoms. The van der Waals surface area contributed by atoms with E-state index in [1.165, 1.54) is 10.5 Å². The van der Waals surface area contributed by atoms with Gasteiger partial charge in [0.15, 0.2) is 0 Å². The van der Waals surface area contributed by atoms with Crippen LogP contribution in [0.5, 0.6) is 11.5 Å². The smallest absolute Gasteiger partial charge is 0.339 e. The maximum atomic E-state index is 13.3. The van der Waals surface area contributed by atoms with E-state index in [0.717, 1.165) is 47.2 Å². The summed E-state index contributed by atoms with van der Waals surface area (Å²) in [6, 6.07) is 19.4. The first-order valence-electron chi connectivity index (χ1n) is 11.9. The molecule has 178 valence electrons. The van der Waals surface area contributed by atoms with Gasteiger partial charge in [-0.3, -0.25) is 0 Å². The molecule has 2 heterocycles. The molecule has 0 saturated heterocycles. The number of aromatic nitrogens is 1. The van der Waals surface area contributed by atoms with Crippen LogP contribution >= 0.6 is 11.3 Å². The van der Waals surface area contributed by atoms with Crippen molar-refractivity contribution in [3.63, 3.8) is 0 Å². The molecule has 1 aliphatic carbocycles. The zero-order chi connectivity index (χ0) is 24.0. The normalized spacial score (nSPS) is 14.0. The van der Waals surface area contributed by atoms with Crippen molar-refractivity contribution >= 4 is 39.9 Å². The van der Waals surface area contributed by atoms with E-state index < -0.39 is 0 Å². The van der Waals surface area contributed by atoms with Gasteiger partial charge in [-0.1, -0.05) is 24.3 Å². The fraction of sp³-hybridized carbons (Fsp3) is 0.241. The number of nitrogens with zero attached hydrogens (tertiary/aromatic N) is 1. The minimum atomic E-state index is -0.326. The van der Waals surface area contributed by atoms with Crippen LogP contribution in [-0.4, -0.2) is 30.8 Å². The molecule has 0 fully saturated rings. The first kappa shape index (κ1) is 23.1. The standard InChI is InChI=1S/C29H27NO4S/c1-2-32-21-12-14-22(15-13-21)33-16-17-34-29(31)27-24-9-3-4-11-26(24)30-28-20(7-5-10-25(27)28)19-23-8-6-18-35-23/h3-4,6,8-9,11-15,18-19H,2,5,7,10,16-17H2,1H3. The number of rotatable bonds is 8. The van der Waals surface area contributed by atoms with Gasteiger partial charge in [0.05, 0.1) is 23.4 Å². The van der Waals surface area contributed by atoms with Gasteiger partial charge in [-0.05, 0) is 85.2 Å². The molecule has 0 radical (unpaired) electrons. The lowest BCUT2D eigenvalue weighted by Gasteiger charge is -2.22. The van der Waals surface area contributed by atoms with Crippen LogP contribution in [-0.2, 0) is 11.2 Å². The second kappa shape index (κ2) is 10.7. The van der Waals surface area contributed by atoms with E-state index in [-0.39, 0.29) is 19.2 Å². The Bertz CT molecular complexity index is 1340. The fourth-order valence-electron chi connectivity index (χ4n) is 4.42. The highest BCUT2D eigenvalue weighted by Gasteiger charge is 2.26. The lowest BCUT2D eigenvalue weighted by molar-refractivity contribution is 0.0451. The van der Waals surface area contributed by atoms with Gasteiger partial charge in [-0.2, -0.15) is 0 Å². The number of esters is 1. The van der Waals surface area contributed by atoms with Crippen LogP contribution in [0.25, 0.3) is 22.6 Å². The predicted molar refractivity (Wildman–Crippen MR) is 140 cm³/mol. The highest BCUT2D eigenvalue weighted by atomic mass is 32.1. The largest absolute Gasteiger partial charge is 0.494 e. The van der Waals surface area contributed by atoms with Crippen LogP contribution in [0.15, 0.2) is 66.0 Å². The maximum Gasteiger partial charge on any atom is 0.339 e. The topological polar surface area (TPSA) is 57.7 Å². The average molecular weight is 486 g/mol. The van der Waals surface area contributed by atoms with Gasteiger partial charge >= 0.3 is 5.97 Å². The van der Waals surface area contributed by atoms with E-state index in [2.05, 4.69) is 17.5 Å². The van der Waals surface area contributed by atoms with E-state index in [4.69, 9.17) is 19.2 Å². The van der Waals surface area contributed by atoms with Crippen molar-refractivity contribution in [2.24, 2.45) is 0 Å². The molecule has 6 heteroatoms. The summed E-state index contributed by atoms with van der Waals surface area (Å²) < 4.78 is 16.9. The molecule has 0 spiro atoms. The number of thiophene rings is 1. The van der Waals surface area contributed by atoms with Crippen LogP contribution in [0.3, 0.4) is 0 Å². The molecule has 0 amide bonds. The minimum absolute atomic E-state index is 0.162. The third-order valence-electron chi connectivity index (χ3n) is 5.95. The average Bonchev–Trinajstić information content (AvgIpc) is 3.40. The molecular weight excluding hydrogens is 458 g/mol. The summed E-state index contributed by atoms with van der Waals surface area (Å²) in [5.41, 5.74) is 4.51. The third-order valence-corrected chi connectivity index (χ3v) is 6.77. The summed E-state index contributed by atoms with van der Waals surface area (Å²) in [5.74, 6) is 1.18. The van der Waals surface area contributed by atoms with Gasteiger partial charge in [0.25, 0.3) is 0 Å². The SMILES string of the molecule is CCOc1ccc(OCCOC(=O)c2c3c(nc4ccccc24)C(=Cc2cccs2)CCC3)cc1. The molecule has 0 saturated carbocycles. The number of para-hydroxylation sites is 1. The lowest BCUT2D eigenvalue weighted by atomic mass is 9.86. The second-order valence-corrected chi connectivity index (χ2v) is 9.24. The first-order valence-corrected chi connectivity index (χ1v) is 12.8. The van der Waals surface area contributed by atoms with Crippen LogP contribution in [0.1, 0.15) is 46.3 Å². The molecule has 2 aromatic heterocycles. The molecule has 5 nitrogen and oxygen atoms in total. The third kappa shape index (κ3) is 5.23. The summed E-state index contributed by atoms with van der Waals surface area (Å²) >= 11 is 1.70. The monoisotopic (exact) mass is 485 g/mol. The number of pyridine rings is 1. The van der Waals surface area contributed by atoms with E-state index >= 15 is 0 Å². The number of hydrogen-bond acceptors (Lipinski definition) is 6. The van der Waals surface area contributed by atoms with Crippen LogP contribution < -0.4 is 9.47 Å². The van der Waals surface area contributed by atoms with Crippen LogP contribution in [0, 0.1) is 0 Å². The van der Waals surface area contributed by atoms with Gasteiger partial charge in [-0.15, -0.1) is 11.3 Å². The summed E-state index contributed by atoms with van der Waals surface area (Å²) in [6.07, 6.45) is 4.93. The number of hydrogen-bond donors (Lipinski definition) is 0. The van der Waals surface area contributed by atoms with E-state index in [1.54, 1.807) is 11.3 Å². The van der Waals surface area contributed by atoms with Crippen LogP contribution in [0.4, 0.5) is 0 Å². The molecule has 5 rings (SSSR count). The number of fused-ring (bicyclic) bond motifs is 2. The zero-order valence-electron chi connectivity index (χ0n) is 19.7. The number of carbonyl (C=O) groups is 1. The Morgan fingerprint density at radius 1 is 0.971 bits per heavy atom. The van der Waals surface area contributed by atoms with Gasteiger partial charge in [0, 0.05) is 10.3 Å². The van der Waals surface area contributed by atoms with Crippen molar-refractivity contribution in [2.75, 3.05) is 19.8 Å². The van der Waals surface area contributed by atoms with Crippen molar-refractivity contribution in [3.05, 3.63) is 87.7 Å². The fourth-order valence-corrected chi connectivity index (χ4v) is 5.10. The van der Waals surface area contributed by atoms with Gasteiger partial charge in [0.2, 0.25) is 0 Å². The summed E-state index contributed by atoms with van der Waals surface area (Å²) in [6.45, 7) is 3.00. The number of allylic oxidation sites excluding steroid dienone is 1. The Hall–Kier alpha value is -3.64. The number of ether oxygens (including phenoxy) is 3. The second-order valence-electron chi connectivity index (χ2n) is 8.26. The molecule has 4 aromatic rings. The van der Waals surface area contributed by atoms with Crippen molar-refractivity contribution in [1.29, 1.82) is 0 Å². The Balaban J connectivity index is 1.36. The van der Waals surface area contributed by atoms with Crippen molar-refractivity contribution in [3.8, 4) is 11.5 Å². The summed E-state index contributed by atoms with van der Waals surface area (Å²) in [4.78, 5) is 19.5. The van der Waals surface area contributed by atoms with E-state index in [1.807, 2.05) is 61.5 Å². The predicted octanol–water partition coefficient (Wildman–Crippen LogP) is 6.81. The summed E-state index contributed by atoms with van der Waals surface area (Å²) in [7, 11) is 0. The Morgan fingerprint density at radius 2 is 1.77 bits per heavy atom. The Kier molecular flexibility index (Phi) is 7.09. The molecule has 2 aromatic carbocycles. The Labute approximate surface area is 209 Å². The van der Waals surface area contributed by atoms with Gasteiger partial charge < -0.3 is 14.2 Å². The number of carbonyl (C=O) groups excluding carboxylic acids is 1.